The number of aromatic nitrogens is 4. The van der Waals surface area contributed by atoms with Crippen molar-refractivity contribution in [3.8, 4) is 5.75 Å². The number of hydrogen-bond acceptors (Lipinski definition) is 9. The minimum Gasteiger partial charge on any atom is -0.432 e. The van der Waals surface area contributed by atoms with Gasteiger partial charge in [0.1, 0.15) is 0 Å². The molecule has 0 bridgehead atoms. The second-order valence-electron chi connectivity index (χ2n) is 11.9. The zero-order chi connectivity index (χ0) is 31.3. The third kappa shape index (κ3) is 7.82. The van der Waals surface area contributed by atoms with Gasteiger partial charge in [0.05, 0.1) is 41.0 Å². The number of ether oxygens (including phenoxy) is 1. The normalized spacial score (nSPS) is 21.7. The summed E-state index contributed by atoms with van der Waals surface area (Å²) in [5, 5.41) is 10.2. The zero-order valence-electron chi connectivity index (χ0n) is 24.9. The van der Waals surface area contributed by atoms with Crippen molar-refractivity contribution >= 4 is 34.3 Å². The Morgan fingerprint density at radius 1 is 1.02 bits per heavy atom. The molecule has 0 spiro atoms. The van der Waals surface area contributed by atoms with Crippen molar-refractivity contribution in [1.29, 1.82) is 0 Å². The molecule has 12 nitrogen and oxygen atoms in total. The highest BCUT2D eigenvalue weighted by Crippen LogP contribution is 2.32. The molecule has 3 aliphatic heterocycles. The SMILES string of the molecule is O=C1CCC(c2cnn3cc(C4CCN(CCCS(=O)N5CCC(Nc6ncc(OC(F)F)cn6)CC5)CC4)ccc23)C(=O)N1. The van der Waals surface area contributed by atoms with E-state index in [1.807, 2.05) is 14.9 Å². The van der Waals surface area contributed by atoms with Crippen LogP contribution in [0.2, 0.25) is 0 Å². The molecule has 0 aromatic carbocycles. The number of carbonyl (C=O) groups is 2. The molecule has 3 aliphatic rings. The Balaban J connectivity index is 0.898. The number of halogens is 2. The van der Waals surface area contributed by atoms with Gasteiger partial charge in [-0.1, -0.05) is 6.07 Å². The van der Waals surface area contributed by atoms with Crippen LogP contribution in [-0.4, -0.2) is 95.9 Å². The molecule has 3 aromatic heterocycles. The van der Waals surface area contributed by atoms with Gasteiger partial charge in [-0.3, -0.25) is 14.9 Å². The molecule has 0 radical (unpaired) electrons. The predicted octanol–water partition coefficient (Wildman–Crippen LogP) is 3.06. The molecule has 0 aliphatic carbocycles. The Morgan fingerprint density at radius 3 is 2.49 bits per heavy atom. The van der Waals surface area contributed by atoms with Crippen LogP contribution in [0.1, 0.15) is 67.9 Å². The van der Waals surface area contributed by atoms with Gasteiger partial charge in [-0.05, 0) is 75.7 Å². The van der Waals surface area contributed by atoms with E-state index in [0.29, 0.717) is 43.6 Å². The summed E-state index contributed by atoms with van der Waals surface area (Å²) in [7, 11) is -1.03. The Kier molecular flexibility index (Phi) is 9.95. The number of imide groups is 1. The van der Waals surface area contributed by atoms with Crippen molar-refractivity contribution in [2.45, 2.75) is 69.4 Å². The predicted molar refractivity (Wildman–Crippen MR) is 163 cm³/mol. The molecular formula is C30H38F2N8O4S. The van der Waals surface area contributed by atoms with Gasteiger partial charge in [0.2, 0.25) is 17.8 Å². The summed E-state index contributed by atoms with van der Waals surface area (Å²) >= 11 is 0. The summed E-state index contributed by atoms with van der Waals surface area (Å²) in [5.74, 6) is 0.539. The number of fused-ring (bicyclic) bond motifs is 1. The monoisotopic (exact) mass is 644 g/mol. The lowest BCUT2D eigenvalue weighted by atomic mass is 9.89. The molecule has 2 atom stereocenters. The van der Waals surface area contributed by atoms with Crippen molar-refractivity contribution in [1.82, 2.24) is 34.1 Å². The molecule has 3 saturated heterocycles. The van der Waals surface area contributed by atoms with Crippen LogP contribution in [0.5, 0.6) is 5.75 Å². The summed E-state index contributed by atoms with van der Waals surface area (Å²) in [6.45, 7) is 1.41. The Hall–Kier alpha value is -3.56. The van der Waals surface area contributed by atoms with E-state index in [2.05, 4.69) is 47.6 Å². The second kappa shape index (κ2) is 14.3. The quantitative estimate of drug-likeness (QED) is 0.302. The van der Waals surface area contributed by atoms with Gasteiger partial charge in [0.25, 0.3) is 0 Å². The van der Waals surface area contributed by atoms with E-state index >= 15 is 0 Å². The van der Waals surface area contributed by atoms with E-state index in [0.717, 1.165) is 62.8 Å². The van der Waals surface area contributed by atoms with Crippen LogP contribution in [0.25, 0.3) is 5.52 Å². The van der Waals surface area contributed by atoms with E-state index in [9.17, 15) is 22.6 Å². The largest absolute Gasteiger partial charge is 0.432 e. The standard InChI is InChI=1S/C30H38F2N8O4S/c31-29(32)44-23-16-33-30(34-17-23)36-22-8-13-39(14-9-22)45(43)15-1-10-38-11-6-20(7-12-38)21-2-4-26-25(18-35-40(26)19-21)24-3-5-27(41)37-28(24)42/h2,4,16-20,22,24,29H,1,3,5-15H2,(H,33,34,36)(H,37,41,42). The lowest BCUT2D eigenvalue weighted by Crippen LogP contribution is -2.41. The number of nitrogens with zero attached hydrogens (tertiary/aromatic N) is 6. The number of likely N-dealkylation sites (tertiary alicyclic amines) is 1. The Labute approximate surface area is 262 Å². The van der Waals surface area contributed by atoms with Gasteiger partial charge in [0.15, 0.2) is 5.75 Å². The number of amides is 2. The van der Waals surface area contributed by atoms with Gasteiger partial charge >= 0.3 is 6.61 Å². The van der Waals surface area contributed by atoms with Crippen molar-refractivity contribution in [2.24, 2.45) is 0 Å². The summed E-state index contributed by atoms with van der Waals surface area (Å²) in [6.07, 6.45) is 11.7. The molecule has 3 aromatic rings. The number of rotatable bonds is 11. The molecule has 2 N–H and O–H groups in total. The topological polar surface area (TPSA) is 134 Å². The summed E-state index contributed by atoms with van der Waals surface area (Å²) in [5.41, 5.74) is 3.01. The van der Waals surface area contributed by atoms with E-state index < -0.39 is 17.6 Å². The highest BCUT2D eigenvalue weighted by molar-refractivity contribution is 7.82. The number of pyridine rings is 1. The molecule has 0 saturated carbocycles. The van der Waals surface area contributed by atoms with Gasteiger partial charge in [-0.2, -0.15) is 13.9 Å². The van der Waals surface area contributed by atoms with Crippen LogP contribution < -0.4 is 15.4 Å². The molecule has 15 heteroatoms. The third-order valence-corrected chi connectivity index (χ3v) is 10.5. The van der Waals surface area contributed by atoms with Crippen LogP contribution in [0.15, 0.2) is 36.9 Å². The molecular weight excluding hydrogens is 606 g/mol. The van der Waals surface area contributed by atoms with Gasteiger partial charge < -0.3 is 15.0 Å². The van der Waals surface area contributed by atoms with Crippen molar-refractivity contribution in [3.05, 3.63) is 48.0 Å². The first kappa shape index (κ1) is 31.4. The first-order valence-electron chi connectivity index (χ1n) is 15.5. The first-order chi connectivity index (χ1) is 21.8. The molecule has 6 rings (SSSR count). The first-order valence-corrected chi connectivity index (χ1v) is 16.8. The molecule has 2 amide bonds. The maximum atomic E-state index is 13.0. The average Bonchev–Trinajstić information content (AvgIpc) is 3.45. The second-order valence-corrected chi connectivity index (χ2v) is 13.4. The van der Waals surface area contributed by atoms with Crippen molar-refractivity contribution < 1.29 is 27.3 Å². The fourth-order valence-electron chi connectivity index (χ4n) is 6.49. The van der Waals surface area contributed by atoms with E-state index in [4.69, 9.17) is 0 Å². The highest BCUT2D eigenvalue weighted by atomic mass is 32.2. The van der Waals surface area contributed by atoms with Crippen LogP contribution >= 0.6 is 0 Å². The highest BCUT2D eigenvalue weighted by Gasteiger charge is 2.30. The van der Waals surface area contributed by atoms with E-state index in [1.54, 1.807) is 6.20 Å². The van der Waals surface area contributed by atoms with Gasteiger partial charge in [-0.25, -0.2) is 23.0 Å². The molecule has 45 heavy (non-hydrogen) atoms. The van der Waals surface area contributed by atoms with Gasteiger partial charge in [0, 0.05) is 43.1 Å². The van der Waals surface area contributed by atoms with Crippen molar-refractivity contribution in [2.75, 3.05) is 43.8 Å². The van der Waals surface area contributed by atoms with Crippen LogP contribution in [-0.2, 0) is 20.6 Å². The molecule has 3 fully saturated rings. The van der Waals surface area contributed by atoms with E-state index in [-0.39, 0.29) is 29.5 Å². The summed E-state index contributed by atoms with van der Waals surface area (Å²) < 4.78 is 45.7. The minimum atomic E-state index is -2.91. The maximum Gasteiger partial charge on any atom is 0.387 e. The van der Waals surface area contributed by atoms with Crippen LogP contribution in [0.4, 0.5) is 14.7 Å². The number of alkyl halides is 2. The fourth-order valence-corrected chi connectivity index (χ4v) is 7.74. The third-order valence-electron chi connectivity index (χ3n) is 8.96. The molecule has 242 valence electrons. The lowest BCUT2D eigenvalue weighted by Gasteiger charge is -2.33. The van der Waals surface area contributed by atoms with Crippen molar-refractivity contribution in [3.63, 3.8) is 0 Å². The average molecular weight is 645 g/mol. The summed E-state index contributed by atoms with van der Waals surface area (Å²) in [4.78, 5) is 34.4. The number of anilines is 1. The zero-order valence-corrected chi connectivity index (χ0v) is 25.8. The smallest absolute Gasteiger partial charge is 0.387 e. The van der Waals surface area contributed by atoms with E-state index in [1.165, 1.54) is 18.0 Å². The Bertz CT molecular complexity index is 1510. The lowest BCUT2D eigenvalue weighted by molar-refractivity contribution is -0.134. The Morgan fingerprint density at radius 2 is 1.78 bits per heavy atom. The maximum absolute atomic E-state index is 13.0. The number of hydrogen-bond donors (Lipinski definition) is 2. The minimum absolute atomic E-state index is 0.0825. The van der Waals surface area contributed by atoms with Crippen LogP contribution in [0.3, 0.4) is 0 Å². The molecule has 2 unspecified atom stereocenters. The number of nitrogens with one attached hydrogen (secondary N) is 2. The number of carbonyl (C=O) groups excluding carboxylic acids is 2. The number of piperidine rings is 3. The fraction of sp³-hybridized carbons (Fsp3) is 0.567. The summed E-state index contributed by atoms with van der Waals surface area (Å²) in [6, 6.07) is 4.31. The van der Waals surface area contributed by atoms with Gasteiger partial charge in [-0.15, -0.1) is 0 Å². The van der Waals surface area contributed by atoms with Crippen LogP contribution in [0, 0.1) is 0 Å². The molecule has 6 heterocycles.